The van der Waals surface area contributed by atoms with Crippen molar-refractivity contribution in [3.05, 3.63) is 87.7 Å². The van der Waals surface area contributed by atoms with Crippen LogP contribution in [0, 0.1) is 5.82 Å². The number of rotatable bonds is 6. The zero-order valence-electron chi connectivity index (χ0n) is 17.6. The number of aromatic carboxylic acids is 1. The number of ether oxygens (including phenoxy) is 2. The molecule has 4 rings (SSSR count). The number of carboxylic acid groups (broad SMARTS) is 1. The van der Waals surface area contributed by atoms with Gasteiger partial charge in [-0.1, -0.05) is 17.7 Å². The normalized spacial score (nSPS) is 17.1. The van der Waals surface area contributed by atoms with Gasteiger partial charge >= 0.3 is 0 Å². The van der Waals surface area contributed by atoms with Gasteiger partial charge in [-0.3, -0.25) is 4.79 Å². The first-order valence-corrected chi connectivity index (χ1v) is 10.1. The van der Waals surface area contributed by atoms with Crippen LogP contribution in [0.15, 0.2) is 54.6 Å². The standard InChI is InChI=1S/C24H19ClFNO6/c1-32-16-6-3-14(21(11-16)33-2)12-27-20-8-5-15(26)10-18(20)24(31,23(27)30)17-9-13(22(28)29)4-7-19(17)25/h3-11,31H,12H2,1-2H3,(H,28,29)/p-1. The molecule has 1 amide bonds. The second kappa shape index (κ2) is 8.38. The number of amides is 1. The second-order valence-electron chi connectivity index (χ2n) is 7.42. The van der Waals surface area contributed by atoms with Crippen molar-refractivity contribution in [1.82, 2.24) is 0 Å². The lowest BCUT2D eigenvalue weighted by atomic mass is 9.86. The molecule has 1 aliphatic heterocycles. The van der Waals surface area contributed by atoms with Crippen molar-refractivity contribution in [3.8, 4) is 11.5 Å². The van der Waals surface area contributed by atoms with Gasteiger partial charge in [0.05, 0.1) is 32.4 Å². The highest BCUT2D eigenvalue weighted by Crippen LogP contribution is 2.47. The summed E-state index contributed by atoms with van der Waals surface area (Å²) in [5.41, 5.74) is -2.11. The molecule has 1 heterocycles. The largest absolute Gasteiger partial charge is 0.545 e. The first-order valence-electron chi connectivity index (χ1n) is 9.77. The van der Waals surface area contributed by atoms with E-state index in [1.165, 1.54) is 37.3 Å². The van der Waals surface area contributed by atoms with Crippen molar-refractivity contribution in [3.63, 3.8) is 0 Å². The van der Waals surface area contributed by atoms with E-state index in [0.29, 0.717) is 17.1 Å². The van der Waals surface area contributed by atoms with Crippen molar-refractivity contribution in [1.29, 1.82) is 0 Å². The number of hydrogen-bond acceptors (Lipinski definition) is 6. The number of fused-ring (bicyclic) bond motifs is 1. The first-order chi connectivity index (χ1) is 15.7. The predicted octanol–water partition coefficient (Wildman–Crippen LogP) is 2.64. The van der Waals surface area contributed by atoms with Crippen LogP contribution in [0.4, 0.5) is 10.1 Å². The maximum Gasteiger partial charge on any atom is 0.268 e. The molecule has 0 spiro atoms. The van der Waals surface area contributed by atoms with E-state index in [2.05, 4.69) is 0 Å². The summed E-state index contributed by atoms with van der Waals surface area (Å²) >= 11 is 6.26. The minimum Gasteiger partial charge on any atom is -0.545 e. The van der Waals surface area contributed by atoms with Gasteiger partial charge in [0.25, 0.3) is 5.91 Å². The molecular weight excluding hydrogens is 453 g/mol. The van der Waals surface area contributed by atoms with Crippen LogP contribution in [0.1, 0.15) is 27.0 Å². The first kappa shape index (κ1) is 22.6. The predicted molar refractivity (Wildman–Crippen MR) is 116 cm³/mol. The molecule has 0 radical (unpaired) electrons. The molecule has 9 heteroatoms. The molecule has 3 aromatic rings. The summed E-state index contributed by atoms with van der Waals surface area (Å²) in [6, 6.07) is 12.1. The Bertz CT molecular complexity index is 1280. The summed E-state index contributed by atoms with van der Waals surface area (Å²) in [6.07, 6.45) is 0. The van der Waals surface area contributed by atoms with E-state index in [4.69, 9.17) is 21.1 Å². The molecular formula is C24H18ClFNO6-. The van der Waals surface area contributed by atoms with Crippen molar-refractivity contribution < 1.29 is 33.7 Å². The fourth-order valence-corrected chi connectivity index (χ4v) is 4.21. The van der Waals surface area contributed by atoms with Gasteiger partial charge in [0.2, 0.25) is 0 Å². The summed E-state index contributed by atoms with van der Waals surface area (Å²) in [5, 5.41) is 23.0. The number of hydrogen-bond donors (Lipinski definition) is 1. The van der Waals surface area contributed by atoms with E-state index in [9.17, 15) is 24.2 Å². The molecule has 1 atom stereocenters. The van der Waals surface area contributed by atoms with Crippen molar-refractivity contribution in [2.45, 2.75) is 12.1 Å². The molecule has 0 saturated heterocycles. The third-order valence-electron chi connectivity index (χ3n) is 5.61. The number of carboxylic acids is 1. The van der Waals surface area contributed by atoms with Gasteiger partial charge in [-0.05, 0) is 48.0 Å². The number of nitrogens with zero attached hydrogens (tertiary/aromatic N) is 1. The number of halogens is 2. The Labute approximate surface area is 193 Å². The molecule has 33 heavy (non-hydrogen) atoms. The average molecular weight is 471 g/mol. The van der Waals surface area contributed by atoms with E-state index >= 15 is 0 Å². The van der Waals surface area contributed by atoms with Gasteiger partial charge in [-0.15, -0.1) is 0 Å². The second-order valence-corrected chi connectivity index (χ2v) is 7.83. The molecule has 1 unspecified atom stereocenters. The number of benzene rings is 3. The quantitative estimate of drug-likeness (QED) is 0.594. The van der Waals surface area contributed by atoms with Crippen molar-refractivity contribution in [2.75, 3.05) is 19.1 Å². The van der Waals surface area contributed by atoms with Gasteiger partial charge in [-0.2, -0.15) is 0 Å². The van der Waals surface area contributed by atoms with E-state index < -0.39 is 23.3 Å². The van der Waals surface area contributed by atoms with Crippen molar-refractivity contribution >= 4 is 29.2 Å². The van der Waals surface area contributed by atoms with Crippen molar-refractivity contribution in [2.24, 2.45) is 0 Å². The summed E-state index contributed by atoms with van der Waals surface area (Å²) in [6.45, 7) is -0.0231. The van der Waals surface area contributed by atoms with Gasteiger partial charge in [0.15, 0.2) is 5.60 Å². The Balaban J connectivity index is 1.87. The molecule has 0 aromatic heterocycles. The van der Waals surface area contributed by atoms with Crippen LogP contribution in [0.2, 0.25) is 5.02 Å². The molecule has 170 valence electrons. The topological polar surface area (TPSA) is 99.1 Å². The lowest BCUT2D eigenvalue weighted by Gasteiger charge is -2.25. The SMILES string of the molecule is COc1ccc(CN2C(=O)C(O)(c3cc(C(=O)[O-])ccc3Cl)c3cc(F)ccc32)c(OC)c1. The van der Waals surface area contributed by atoms with Crippen LogP contribution >= 0.6 is 11.6 Å². The van der Waals surface area contributed by atoms with E-state index in [0.717, 1.165) is 18.2 Å². The van der Waals surface area contributed by atoms with Gasteiger partial charge < -0.3 is 29.4 Å². The van der Waals surface area contributed by atoms with Crippen LogP contribution < -0.4 is 19.5 Å². The summed E-state index contributed by atoms with van der Waals surface area (Å²) in [5.74, 6) is -2.03. The smallest absolute Gasteiger partial charge is 0.268 e. The molecule has 0 bridgehead atoms. The molecule has 0 fully saturated rings. The number of carbonyl (C=O) groups excluding carboxylic acids is 2. The van der Waals surface area contributed by atoms with Gasteiger partial charge in [0.1, 0.15) is 17.3 Å². The molecule has 1 N–H and O–H groups in total. The van der Waals surface area contributed by atoms with Gasteiger partial charge in [0, 0.05) is 27.8 Å². The Morgan fingerprint density at radius 2 is 1.85 bits per heavy atom. The van der Waals surface area contributed by atoms with E-state index in [1.54, 1.807) is 18.2 Å². The van der Waals surface area contributed by atoms with Crippen LogP contribution in [0.3, 0.4) is 0 Å². The number of anilines is 1. The molecule has 0 saturated carbocycles. The Morgan fingerprint density at radius 1 is 1.09 bits per heavy atom. The lowest BCUT2D eigenvalue weighted by molar-refractivity contribution is -0.255. The Kier molecular flexibility index (Phi) is 5.73. The molecule has 0 aliphatic carbocycles. The van der Waals surface area contributed by atoms with Crippen LogP contribution in [0.25, 0.3) is 0 Å². The third kappa shape index (κ3) is 3.67. The Morgan fingerprint density at radius 3 is 2.52 bits per heavy atom. The van der Waals surface area contributed by atoms with Gasteiger partial charge in [-0.25, -0.2) is 4.39 Å². The van der Waals surface area contributed by atoms with Crippen LogP contribution in [0.5, 0.6) is 11.5 Å². The highest BCUT2D eigenvalue weighted by molar-refractivity contribution is 6.32. The molecule has 7 nitrogen and oxygen atoms in total. The lowest BCUT2D eigenvalue weighted by Crippen LogP contribution is -2.41. The number of carbonyl (C=O) groups is 2. The maximum absolute atomic E-state index is 14.2. The minimum atomic E-state index is -2.42. The average Bonchev–Trinajstić information content (AvgIpc) is 3.01. The monoisotopic (exact) mass is 470 g/mol. The molecule has 3 aromatic carbocycles. The highest BCUT2D eigenvalue weighted by atomic mass is 35.5. The highest BCUT2D eigenvalue weighted by Gasteiger charge is 2.52. The molecule has 1 aliphatic rings. The summed E-state index contributed by atoms with van der Waals surface area (Å²) in [7, 11) is 2.97. The minimum absolute atomic E-state index is 0.0231. The number of aliphatic hydroxyl groups is 1. The van der Waals surface area contributed by atoms with Crippen LogP contribution in [-0.2, 0) is 16.9 Å². The third-order valence-corrected chi connectivity index (χ3v) is 5.94. The summed E-state index contributed by atoms with van der Waals surface area (Å²) < 4.78 is 24.8. The fourth-order valence-electron chi connectivity index (χ4n) is 3.95. The van der Waals surface area contributed by atoms with Crippen LogP contribution in [-0.4, -0.2) is 31.2 Å². The fraction of sp³-hybridized carbons (Fsp3) is 0.167. The maximum atomic E-state index is 14.2. The zero-order valence-corrected chi connectivity index (χ0v) is 18.4. The van der Waals surface area contributed by atoms with E-state index in [-0.39, 0.29) is 33.9 Å². The zero-order chi connectivity index (χ0) is 23.9. The summed E-state index contributed by atoms with van der Waals surface area (Å²) in [4.78, 5) is 26.3. The van der Waals surface area contributed by atoms with E-state index in [1.807, 2.05) is 0 Å². The Hall–Kier alpha value is -3.62. The number of methoxy groups -OCH3 is 2.